The molecular weight excluding hydrogens is 558 g/mol. The minimum atomic E-state index is -0.556. The molecular formula is C36H38F2N4O2. The summed E-state index contributed by atoms with van der Waals surface area (Å²) < 4.78 is 29.6. The summed E-state index contributed by atoms with van der Waals surface area (Å²) in [4.78, 5) is 23.5. The largest absolute Gasteiger partial charge is 0.366 e. The summed E-state index contributed by atoms with van der Waals surface area (Å²) in [6.45, 7) is 3.43. The minimum Gasteiger partial charge on any atom is -0.366 e. The summed E-state index contributed by atoms with van der Waals surface area (Å²) in [5, 5.41) is 6.62. The highest BCUT2D eigenvalue weighted by Crippen LogP contribution is 2.48. The molecule has 2 atom stereocenters. The molecule has 44 heavy (non-hydrogen) atoms. The van der Waals surface area contributed by atoms with Gasteiger partial charge in [-0.25, -0.2) is 8.78 Å². The summed E-state index contributed by atoms with van der Waals surface area (Å²) in [5.41, 5.74) is 22.0. The van der Waals surface area contributed by atoms with Crippen molar-refractivity contribution in [1.29, 1.82) is 0 Å². The van der Waals surface area contributed by atoms with Crippen LogP contribution < -0.4 is 22.1 Å². The van der Waals surface area contributed by atoms with E-state index >= 15 is 0 Å². The average Bonchev–Trinajstić information content (AvgIpc) is 3.83. The molecule has 6 N–H and O–H groups in total. The van der Waals surface area contributed by atoms with Crippen LogP contribution >= 0.6 is 0 Å². The van der Waals surface area contributed by atoms with E-state index in [1.54, 1.807) is 0 Å². The van der Waals surface area contributed by atoms with Crippen molar-refractivity contribution in [3.05, 3.63) is 98.1 Å². The quantitative estimate of drug-likeness (QED) is 0.251. The summed E-state index contributed by atoms with van der Waals surface area (Å²) in [6, 6.07) is 10.7. The number of halogens is 2. The molecule has 6 nitrogen and oxygen atoms in total. The van der Waals surface area contributed by atoms with Gasteiger partial charge in [0.25, 0.3) is 0 Å². The van der Waals surface area contributed by atoms with Gasteiger partial charge in [-0.15, -0.1) is 0 Å². The lowest BCUT2D eigenvalue weighted by molar-refractivity contribution is 0.0990. The molecule has 5 aliphatic rings. The smallest absolute Gasteiger partial charge is 0.249 e. The lowest BCUT2D eigenvalue weighted by Gasteiger charge is -2.21. The third-order valence-corrected chi connectivity index (χ3v) is 10.2. The van der Waals surface area contributed by atoms with Gasteiger partial charge in [-0.1, -0.05) is 29.8 Å². The monoisotopic (exact) mass is 596 g/mol. The minimum absolute atomic E-state index is 0.154. The fraction of sp³-hybridized carbons (Fsp3) is 0.389. The van der Waals surface area contributed by atoms with E-state index in [2.05, 4.69) is 10.6 Å². The first-order valence-electron chi connectivity index (χ1n) is 15.8. The van der Waals surface area contributed by atoms with Gasteiger partial charge in [0.15, 0.2) is 0 Å². The van der Waals surface area contributed by atoms with E-state index in [9.17, 15) is 18.4 Å². The van der Waals surface area contributed by atoms with Crippen molar-refractivity contribution in [1.82, 2.24) is 10.6 Å². The standard InChI is InChI=1S/C18H21FN2O.C18H17FN2O/c2*19-15-8-14(18(20)22)13-7-10-3-1-2-4-12(10)17(13)16(15)11-5-6-21-9-11/h8,11,21H,1-7,9H2,(H2,20,22);1-4,8,11,21H,5-7,9H2,(H2,20,22). The molecule has 0 radical (unpaired) electrons. The Hall–Kier alpha value is -3.88. The zero-order valence-electron chi connectivity index (χ0n) is 24.8. The number of carbonyl (C=O) groups excluding carboxylic acids is 2. The number of nitrogens with one attached hydrogen (secondary N) is 2. The number of primary amides is 2. The van der Waals surface area contributed by atoms with Gasteiger partial charge >= 0.3 is 0 Å². The van der Waals surface area contributed by atoms with Crippen LogP contribution in [0.2, 0.25) is 0 Å². The lowest BCUT2D eigenvalue weighted by Crippen LogP contribution is -2.17. The first kappa shape index (κ1) is 28.9. The lowest BCUT2D eigenvalue weighted by atomic mass is 9.84. The number of hydrogen-bond donors (Lipinski definition) is 4. The van der Waals surface area contributed by atoms with E-state index in [1.165, 1.54) is 29.7 Å². The first-order chi connectivity index (χ1) is 21.3. The van der Waals surface area contributed by atoms with Gasteiger partial charge in [-0.2, -0.15) is 0 Å². The van der Waals surface area contributed by atoms with Crippen LogP contribution in [0.5, 0.6) is 0 Å². The van der Waals surface area contributed by atoms with E-state index in [-0.39, 0.29) is 23.5 Å². The second-order valence-electron chi connectivity index (χ2n) is 12.8. The molecule has 8 rings (SSSR count). The molecule has 3 aliphatic carbocycles. The number of hydrogen-bond acceptors (Lipinski definition) is 4. The molecule has 2 aliphatic heterocycles. The van der Waals surface area contributed by atoms with Crippen LogP contribution in [-0.2, 0) is 12.8 Å². The van der Waals surface area contributed by atoms with Gasteiger partial charge < -0.3 is 22.1 Å². The predicted molar refractivity (Wildman–Crippen MR) is 168 cm³/mol. The second-order valence-corrected chi connectivity index (χ2v) is 12.8. The molecule has 228 valence electrons. The second kappa shape index (κ2) is 11.6. The highest BCUT2D eigenvalue weighted by atomic mass is 19.1. The van der Waals surface area contributed by atoms with Crippen molar-refractivity contribution < 1.29 is 18.4 Å². The van der Waals surface area contributed by atoms with Crippen LogP contribution in [0.4, 0.5) is 8.78 Å². The summed E-state index contributed by atoms with van der Waals surface area (Å²) in [7, 11) is 0. The molecule has 2 saturated heterocycles. The summed E-state index contributed by atoms with van der Waals surface area (Å²) >= 11 is 0. The van der Waals surface area contributed by atoms with Gasteiger partial charge in [-0.3, -0.25) is 9.59 Å². The molecule has 0 bridgehead atoms. The first-order valence-corrected chi connectivity index (χ1v) is 15.8. The molecule has 2 amide bonds. The van der Waals surface area contributed by atoms with Crippen LogP contribution in [0.25, 0.3) is 16.7 Å². The van der Waals surface area contributed by atoms with Gasteiger partial charge in [0.1, 0.15) is 11.6 Å². The maximum Gasteiger partial charge on any atom is 0.249 e. The fourth-order valence-electron chi connectivity index (χ4n) is 8.26. The Balaban J connectivity index is 0.000000142. The van der Waals surface area contributed by atoms with Gasteiger partial charge in [0.2, 0.25) is 11.8 Å². The van der Waals surface area contributed by atoms with Crippen molar-refractivity contribution in [2.45, 2.75) is 63.2 Å². The summed E-state index contributed by atoms with van der Waals surface area (Å²) in [6.07, 6.45) is 7.75. The fourth-order valence-corrected chi connectivity index (χ4v) is 8.26. The Kier molecular flexibility index (Phi) is 7.58. The number of benzene rings is 3. The maximum atomic E-state index is 14.8. The SMILES string of the molecule is NC(=O)c1cc(F)c(C2CCNC2)c2c1CC1=C2CCCC1.NC(=O)c1cc(F)c(C2CCNC2)c2c1Cc1ccccc1-2. The predicted octanol–water partition coefficient (Wildman–Crippen LogP) is 5.46. The van der Waals surface area contributed by atoms with Crippen molar-refractivity contribution in [2.75, 3.05) is 26.2 Å². The van der Waals surface area contributed by atoms with Crippen LogP contribution in [0.3, 0.4) is 0 Å². The molecule has 3 aromatic rings. The molecule has 8 heteroatoms. The number of allylic oxidation sites excluding steroid dienone is 2. The highest BCUT2D eigenvalue weighted by molar-refractivity contribution is 5.99. The Bertz CT molecular complexity index is 1720. The van der Waals surface area contributed by atoms with Crippen LogP contribution in [0.1, 0.15) is 104 Å². The van der Waals surface area contributed by atoms with Crippen LogP contribution in [0, 0.1) is 11.6 Å². The number of nitrogens with two attached hydrogens (primary N) is 2. The van der Waals surface area contributed by atoms with Gasteiger partial charge in [-0.05, 0) is 116 Å². The van der Waals surface area contributed by atoms with E-state index in [0.29, 0.717) is 17.5 Å². The zero-order valence-corrected chi connectivity index (χ0v) is 24.8. The van der Waals surface area contributed by atoms with Crippen molar-refractivity contribution >= 4 is 17.4 Å². The normalized spacial score (nSPS) is 21.3. The Labute approximate surface area is 256 Å². The number of amides is 2. The Morgan fingerprint density at radius 1 is 0.750 bits per heavy atom. The van der Waals surface area contributed by atoms with E-state index in [1.807, 2.05) is 24.3 Å². The maximum absolute atomic E-state index is 14.8. The topological polar surface area (TPSA) is 110 Å². The molecule has 3 aromatic carbocycles. The number of fused-ring (bicyclic) bond motifs is 5. The van der Waals surface area contributed by atoms with Crippen LogP contribution in [-0.4, -0.2) is 38.0 Å². The molecule has 0 saturated carbocycles. The van der Waals surface area contributed by atoms with Gasteiger partial charge in [0.05, 0.1) is 0 Å². The number of carbonyl (C=O) groups is 2. The highest BCUT2D eigenvalue weighted by Gasteiger charge is 2.35. The Morgan fingerprint density at radius 2 is 1.32 bits per heavy atom. The molecule has 2 fully saturated rings. The third kappa shape index (κ3) is 4.85. The van der Waals surface area contributed by atoms with Crippen LogP contribution in [0.15, 0.2) is 42.0 Å². The Morgan fingerprint density at radius 3 is 1.91 bits per heavy atom. The third-order valence-electron chi connectivity index (χ3n) is 10.2. The molecule has 0 aromatic heterocycles. The average molecular weight is 597 g/mol. The van der Waals surface area contributed by atoms with E-state index in [0.717, 1.165) is 109 Å². The zero-order chi connectivity index (χ0) is 30.5. The molecule has 2 unspecified atom stereocenters. The van der Waals surface area contributed by atoms with E-state index < -0.39 is 11.8 Å². The number of rotatable bonds is 4. The van der Waals surface area contributed by atoms with Gasteiger partial charge in [0, 0.05) is 47.2 Å². The van der Waals surface area contributed by atoms with E-state index in [4.69, 9.17) is 11.5 Å². The molecule has 2 heterocycles. The van der Waals surface area contributed by atoms with Crippen molar-refractivity contribution in [2.24, 2.45) is 11.5 Å². The van der Waals surface area contributed by atoms with Crippen molar-refractivity contribution in [3.63, 3.8) is 0 Å². The summed E-state index contributed by atoms with van der Waals surface area (Å²) in [5.74, 6) is -1.25. The molecule has 0 spiro atoms. The van der Waals surface area contributed by atoms with Crippen molar-refractivity contribution in [3.8, 4) is 11.1 Å².